The van der Waals surface area contributed by atoms with Crippen molar-refractivity contribution in [2.45, 2.75) is 36.1 Å². The van der Waals surface area contributed by atoms with Crippen LogP contribution in [0.25, 0.3) is 130 Å². The minimum atomic E-state index is -0.325. The summed E-state index contributed by atoms with van der Waals surface area (Å²) in [5.74, 6) is 0.131. The number of alkyl halides is 2. The molecule has 2 N–H and O–H groups in total. The molecule has 0 aliphatic heterocycles. The third-order valence-corrected chi connectivity index (χ3v) is 20.2. The molecule has 0 fully saturated rings. The van der Waals surface area contributed by atoms with E-state index in [0.717, 1.165) is 94.2 Å². The molecule has 0 spiro atoms. The van der Waals surface area contributed by atoms with Gasteiger partial charge in [-0.15, -0.1) is 70.5 Å². The molecule has 575 valence electrons. The zero-order valence-corrected chi connectivity index (χ0v) is 81.7. The summed E-state index contributed by atoms with van der Waals surface area (Å²) < 4.78 is 62.8. The summed E-state index contributed by atoms with van der Waals surface area (Å²) in [5.41, 5.74) is 6.44. The van der Waals surface area contributed by atoms with Crippen LogP contribution in [0.15, 0.2) is 294 Å². The Morgan fingerprint density at radius 3 is 1.21 bits per heavy atom. The summed E-state index contributed by atoms with van der Waals surface area (Å²) in [5, 5.41) is 45.6. The number of halogens is 13. The van der Waals surface area contributed by atoms with Crippen LogP contribution < -0.4 is 113 Å². The molecule has 26 heteroatoms. The Kier molecular flexibility index (Phi) is 46.1. The molecule has 0 unspecified atom stereocenters. The van der Waals surface area contributed by atoms with Crippen molar-refractivity contribution in [1.29, 1.82) is 0 Å². The normalized spacial score (nSPS) is 9.98. The predicted octanol–water partition coefficient (Wildman–Crippen LogP) is 25.2. The first-order chi connectivity index (χ1) is 52.6. The molecule has 0 bridgehead atoms. The average Bonchev–Trinajstić information content (AvgIpc) is 1.74. The first-order valence-electron chi connectivity index (χ1n) is 32.6. The van der Waals surface area contributed by atoms with Gasteiger partial charge in [-0.2, -0.15) is 0 Å². The van der Waals surface area contributed by atoms with Gasteiger partial charge in [-0.05, 0) is 194 Å². The Labute approximate surface area is 833 Å². The molecule has 0 amide bonds. The fourth-order valence-corrected chi connectivity index (χ4v) is 15.4. The molecule has 1 radical (unpaired) electrons. The van der Waals surface area contributed by atoms with Gasteiger partial charge in [0.05, 0.1) is 8.91 Å². The van der Waals surface area contributed by atoms with E-state index in [1.54, 1.807) is 37.4 Å². The molecule has 0 saturated carbocycles. The van der Waals surface area contributed by atoms with Crippen LogP contribution >= 0.6 is 166 Å². The number of aromatic hydroxyl groups is 1. The number of aryl methyl sites for hydroxylation is 2. The largest absolute Gasteiger partial charge is 1.00 e. The summed E-state index contributed by atoms with van der Waals surface area (Å²) in [6, 6.07) is 86.5. The Bertz CT molecular complexity index is 5950. The van der Waals surface area contributed by atoms with Crippen molar-refractivity contribution in [2.75, 3.05) is 12.4 Å². The van der Waals surface area contributed by atoms with Crippen LogP contribution in [-0.2, 0) is 9.68 Å². The maximum atomic E-state index is 15.1. The van der Waals surface area contributed by atoms with Gasteiger partial charge < -0.3 is 30.8 Å². The molecule has 16 aromatic carbocycles. The van der Waals surface area contributed by atoms with E-state index in [4.69, 9.17) is 47.3 Å². The Hall–Kier alpha value is -3.65. The van der Waals surface area contributed by atoms with Gasteiger partial charge in [0.25, 0.3) is 6.47 Å². The van der Waals surface area contributed by atoms with Gasteiger partial charge in [0, 0.05) is 73.9 Å². The van der Waals surface area contributed by atoms with E-state index in [1.165, 1.54) is 32.3 Å². The zero-order valence-electron chi connectivity index (χ0n) is 60.6. The van der Waals surface area contributed by atoms with Crippen molar-refractivity contribution in [1.82, 2.24) is 0 Å². The first-order valence-corrected chi connectivity index (χ1v) is 41.2. The molecule has 0 atom stereocenters. The minimum Gasteiger partial charge on any atom is -1.00 e. The van der Waals surface area contributed by atoms with Crippen molar-refractivity contribution in [2.24, 2.45) is 4.74 Å². The maximum absolute atomic E-state index is 15.1. The summed E-state index contributed by atoms with van der Waals surface area (Å²) in [6.07, 6.45) is 0. The number of rotatable bonds is 5. The molecule has 0 aliphatic rings. The molecule has 0 aliphatic carbocycles. The van der Waals surface area contributed by atoms with Crippen molar-refractivity contribution in [3.05, 3.63) is 317 Å². The molecule has 1 aromatic heterocycles. The van der Waals surface area contributed by atoms with Gasteiger partial charge in [-0.1, -0.05) is 286 Å². The number of hydrogen-bond donors (Lipinski definition) is 2. The Morgan fingerprint density at radius 2 is 0.789 bits per heavy atom. The van der Waals surface area contributed by atoms with E-state index < -0.39 is 0 Å². The molecular formula is C88H72B2Br7Cl2F3IK2NO7P. The second kappa shape index (κ2) is 51.2. The van der Waals surface area contributed by atoms with Crippen LogP contribution in [0.3, 0.4) is 0 Å². The SMILES string of the molecule is BrB(Br)Br.Brc1cc2c3cc4ccccc4cc3oc2c2ccccc12.C.C.C.CN=P.Cc1cc2ccccc2cc1-c1cc(Br)c2ccccc2c1F.Cc1cc2ccccc2cc1O[B]O.ClCCl.Fc1c(I)cc(Br)c2ccccc12.O=CO[O-].Oc1cc2ccccc2cc1-c1cc(Br)c2ccccc2c1F.[H-].[K+].[K+]. The Morgan fingerprint density at radius 1 is 0.482 bits per heavy atom. The van der Waals surface area contributed by atoms with Gasteiger partial charge >= 0.3 is 114 Å². The quantitative estimate of drug-likeness (QED) is 0.0257. The van der Waals surface area contributed by atoms with Gasteiger partial charge in [0.15, 0.2) is 0 Å². The van der Waals surface area contributed by atoms with Crippen molar-refractivity contribution in [3.63, 3.8) is 0 Å². The summed E-state index contributed by atoms with van der Waals surface area (Å²) in [4.78, 5) is 11.2. The monoisotopic (exact) mass is 2190 g/mol. The fraction of sp³-hybridized carbons (Fsp3) is 0.0795. The van der Waals surface area contributed by atoms with E-state index in [9.17, 15) is 13.9 Å². The molecule has 17 aromatic rings. The first kappa shape index (κ1) is 103. The number of phenolic OH excluding ortho intramolecular Hbond substituents is 1. The van der Waals surface area contributed by atoms with E-state index in [0.29, 0.717) is 49.9 Å². The molecule has 17 rings (SSSR count). The number of carbonyl (C=O) groups is 1. The molecule has 8 nitrogen and oxygen atoms in total. The number of carbonyl (C=O) groups excluding carboxylic acids is 1. The Balaban J connectivity index is 0.000000357. The van der Waals surface area contributed by atoms with Crippen LogP contribution in [-0.4, -0.2) is 39.9 Å². The van der Waals surface area contributed by atoms with Crippen molar-refractivity contribution < 1.29 is 152 Å². The van der Waals surface area contributed by atoms with Gasteiger partial charge in [0.1, 0.15) is 40.1 Å². The number of furan rings is 1. The van der Waals surface area contributed by atoms with E-state index >= 15 is 4.39 Å². The summed E-state index contributed by atoms with van der Waals surface area (Å²) in [7, 11) is 5.18. The topological polar surface area (TPSA) is 125 Å². The van der Waals surface area contributed by atoms with E-state index in [2.05, 4.69) is 227 Å². The third kappa shape index (κ3) is 26.7. The van der Waals surface area contributed by atoms with Crippen LogP contribution in [0.1, 0.15) is 34.8 Å². The smallest absolute Gasteiger partial charge is 1.00 e. The van der Waals surface area contributed by atoms with E-state index in [1.807, 2.05) is 176 Å². The number of fused-ring (bicyclic) bond motifs is 12. The molecule has 0 saturated heterocycles. The van der Waals surface area contributed by atoms with E-state index in [-0.39, 0.29) is 165 Å². The van der Waals surface area contributed by atoms with Crippen LogP contribution in [0, 0.1) is 34.9 Å². The summed E-state index contributed by atoms with van der Waals surface area (Å²) >= 11 is 35.0. The predicted molar refractivity (Wildman–Crippen MR) is 508 cm³/mol. The number of hydrogen-bond acceptors (Lipinski definition) is 8. The van der Waals surface area contributed by atoms with Crippen LogP contribution in [0.2, 0.25) is 0 Å². The number of phenols is 1. The van der Waals surface area contributed by atoms with Crippen LogP contribution in [0.5, 0.6) is 11.5 Å². The minimum absolute atomic E-state index is 0. The van der Waals surface area contributed by atoms with Gasteiger partial charge in [0.2, 0.25) is 0 Å². The molecular weight excluding hydrogens is 2130 g/mol. The average molecular weight is 2200 g/mol. The maximum Gasteiger partial charge on any atom is 1.00 e. The standard InChI is InChI=1S/C21H14BrF.C20H12BrFO.C20H11BrO.C11H10BO2.C10H5BrFI.CH2Cl2.CH4NP.CH2O3.3CH4.BBr3.2K.H/c1-13-10-14-6-2-3-7-15(14)11-18(13)19-12-20(22)16-8-4-5-9-17(16)21(19)23;21-18-11-17(20(22)15-8-4-3-7-14(15)18)16-9-12-5-1-2-6-13(12)10-19(16)23;21-18-11-17-16-9-12-5-1-2-6-13(12)10-19(16)22-20(17)15-8-4-3-7-14(15)18;1-8-6-9-4-2-3-5-10(9)7-11(8)14-12-13;11-8-5-9(13)10(12)7-4-2-1-3-6(7)8;2-1-3;1-2-3;2-1-4-3;;;;2-1(3)4;;;/h2-12H,1H3;1-11,23H;1-11H;2-7,13H,1H3;1-5H;1H2;3H,1H3;1,3H;3*1H4;;;;/q;;;;;;;;;;;;2*+1;-1/p-1. The number of nitrogens with zero attached hydrogens (tertiary/aromatic N) is 1. The second-order valence-electron chi connectivity index (χ2n) is 23.5. The molecule has 114 heavy (non-hydrogen) atoms. The zero-order chi connectivity index (χ0) is 78.4. The summed E-state index contributed by atoms with van der Waals surface area (Å²) in [6.45, 7) is 3.80. The fourth-order valence-electron chi connectivity index (χ4n) is 12.1. The van der Waals surface area contributed by atoms with Gasteiger partial charge in [-0.3, -0.25) is 9.54 Å². The third-order valence-electron chi connectivity index (χ3n) is 16.8. The van der Waals surface area contributed by atoms with Gasteiger partial charge in [-0.25, -0.2) is 13.2 Å². The van der Waals surface area contributed by atoms with Crippen LogP contribution in [0.4, 0.5) is 13.2 Å². The number of benzene rings is 16. The van der Waals surface area contributed by atoms with Crippen molar-refractivity contribution in [3.8, 4) is 33.8 Å². The molecule has 1 heterocycles. The van der Waals surface area contributed by atoms with Crippen molar-refractivity contribution >= 4 is 291 Å². The second-order valence-corrected chi connectivity index (χ2v) is 35.8.